The van der Waals surface area contributed by atoms with E-state index in [0.29, 0.717) is 0 Å². The Morgan fingerprint density at radius 3 is 1.50 bits per heavy atom. The minimum absolute atomic E-state index is 0.0781. The summed E-state index contributed by atoms with van der Waals surface area (Å²) in [4.78, 5) is 0. The summed E-state index contributed by atoms with van der Waals surface area (Å²) in [7, 11) is -0.950. The lowest BCUT2D eigenvalue weighted by Crippen LogP contribution is -2.20. The average Bonchev–Trinajstić information content (AvgIpc) is 2.08. The largest absolute Gasteiger partial charge is 0.209 e. The molecule has 12 heavy (non-hydrogen) atoms. The average molecular weight is 243 g/mol. The van der Waals surface area contributed by atoms with Crippen LogP contribution >= 0.6 is 44.3 Å². The van der Waals surface area contributed by atoms with Gasteiger partial charge in [0.25, 0.3) is 0 Å². The summed E-state index contributed by atoms with van der Waals surface area (Å²) in [6.45, 7) is 6.83. The van der Waals surface area contributed by atoms with Gasteiger partial charge in [0, 0.05) is 0 Å². The molecule has 0 rings (SSSR count). The van der Waals surface area contributed by atoms with Crippen molar-refractivity contribution in [3.05, 3.63) is 0 Å². The predicted molar refractivity (Wildman–Crippen MR) is 72.8 cm³/mol. The van der Waals surface area contributed by atoms with Crippen molar-refractivity contribution in [1.29, 1.82) is 0 Å². The number of hydrogen-bond acceptors (Lipinski definition) is 3. The zero-order valence-corrected chi connectivity index (χ0v) is 11.9. The summed E-state index contributed by atoms with van der Waals surface area (Å²) in [5.74, 6) is 0. The standard InChI is InChI=1S/C8H19PS3/c1-5-9(6-2,7-3)8(10,11)12-4/h5-7H2,1-4H3,(H-,10,11)/p+1. The maximum absolute atomic E-state index is 4.68. The van der Waals surface area contributed by atoms with Crippen LogP contribution in [0, 0.1) is 0 Å². The van der Waals surface area contributed by atoms with Gasteiger partial charge in [-0.2, -0.15) is 0 Å². The van der Waals surface area contributed by atoms with Crippen molar-refractivity contribution >= 4 is 44.3 Å². The molecule has 0 fully saturated rings. The number of rotatable bonds is 5. The van der Waals surface area contributed by atoms with Crippen LogP contribution in [0.3, 0.4) is 0 Å². The first-order valence-electron chi connectivity index (χ1n) is 4.35. The zero-order valence-electron chi connectivity index (χ0n) is 8.37. The Kier molecular flexibility index (Phi) is 6.05. The molecule has 0 bridgehead atoms. The van der Waals surface area contributed by atoms with E-state index < -0.39 is 7.26 Å². The third kappa shape index (κ3) is 2.50. The Morgan fingerprint density at radius 1 is 1.08 bits per heavy atom. The van der Waals surface area contributed by atoms with Crippen molar-refractivity contribution in [1.82, 2.24) is 0 Å². The SMILES string of the molecule is CC[P+](CC)(CC)C(S)(S)SC. The van der Waals surface area contributed by atoms with E-state index in [1.54, 1.807) is 11.8 Å². The van der Waals surface area contributed by atoms with Crippen LogP contribution in [-0.2, 0) is 0 Å². The van der Waals surface area contributed by atoms with Gasteiger partial charge in [-0.1, -0.05) is 11.8 Å². The van der Waals surface area contributed by atoms with Crippen molar-refractivity contribution in [2.45, 2.75) is 23.9 Å². The molecular formula is C8H20PS3+. The van der Waals surface area contributed by atoms with Gasteiger partial charge in [-0.3, -0.25) is 0 Å². The van der Waals surface area contributed by atoms with Gasteiger partial charge in [-0.05, 0) is 27.0 Å². The fraction of sp³-hybridized carbons (Fsp3) is 1.00. The van der Waals surface area contributed by atoms with E-state index in [4.69, 9.17) is 0 Å². The highest BCUT2D eigenvalue weighted by atomic mass is 32.2. The summed E-state index contributed by atoms with van der Waals surface area (Å²) < 4.78 is -0.0781. The third-order valence-electron chi connectivity index (χ3n) is 2.71. The van der Waals surface area contributed by atoms with Gasteiger partial charge in [0.1, 0.15) is 0 Å². The van der Waals surface area contributed by atoms with Crippen molar-refractivity contribution < 1.29 is 0 Å². The molecule has 0 amide bonds. The Morgan fingerprint density at radius 2 is 1.42 bits per heavy atom. The zero-order chi connectivity index (χ0) is 9.83. The quantitative estimate of drug-likeness (QED) is 0.419. The second-order valence-corrected chi connectivity index (χ2v) is 12.1. The molecule has 74 valence electrons. The lowest BCUT2D eigenvalue weighted by Gasteiger charge is -2.35. The van der Waals surface area contributed by atoms with Gasteiger partial charge in [-0.15, -0.1) is 25.3 Å². The highest BCUT2D eigenvalue weighted by Crippen LogP contribution is 2.74. The maximum Gasteiger partial charge on any atom is 0.209 e. The molecule has 0 spiro atoms. The van der Waals surface area contributed by atoms with E-state index in [1.807, 2.05) is 0 Å². The Hall–Kier alpha value is 1.48. The smallest absolute Gasteiger partial charge is 0.111 e. The molecule has 0 aliphatic rings. The molecule has 0 unspecified atom stereocenters. The van der Waals surface area contributed by atoms with E-state index in [0.717, 1.165) is 0 Å². The van der Waals surface area contributed by atoms with E-state index >= 15 is 0 Å². The predicted octanol–water partition coefficient (Wildman–Crippen LogP) is 3.90. The normalized spacial score (nSPS) is 13.5. The van der Waals surface area contributed by atoms with Gasteiger partial charge in [-0.25, -0.2) is 0 Å². The number of thioether (sulfide) groups is 1. The Bertz CT molecular complexity index is 124. The van der Waals surface area contributed by atoms with Crippen LogP contribution in [0.25, 0.3) is 0 Å². The first-order valence-corrected chi connectivity index (χ1v) is 8.82. The van der Waals surface area contributed by atoms with Crippen LogP contribution in [0.2, 0.25) is 0 Å². The number of thiol groups is 2. The van der Waals surface area contributed by atoms with E-state index in [9.17, 15) is 0 Å². The first kappa shape index (κ1) is 13.5. The van der Waals surface area contributed by atoms with Crippen LogP contribution in [0.5, 0.6) is 0 Å². The maximum atomic E-state index is 4.68. The molecule has 0 aliphatic heterocycles. The molecule has 0 saturated carbocycles. The van der Waals surface area contributed by atoms with E-state index in [2.05, 4.69) is 52.3 Å². The van der Waals surface area contributed by atoms with Gasteiger partial charge >= 0.3 is 0 Å². The van der Waals surface area contributed by atoms with Gasteiger partial charge in [0.2, 0.25) is 3.15 Å². The van der Waals surface area contributed by atoms with Crippen LogP contribution in [0.4, 0.5) is 0 Å². The summed E-state index contributed by atoms with van der Waals surface area (Å²) >= 11 is 11.2. The minimum Gasteiger partial charge on any atom is -0.111 e. The first-order chi connectivity index (χ1) is 5.49. The van der Waals surface area contributed by atoms with Crippen LogP contribution in [0.1, 0.15) is 20.8 Å². The van der Waals surface area contributed by atoms with Gasteiger partial charge in [0.15, 0.2) is 0 Å². The summed E-state index contributed by atoms with van der Waals surface area (Å²) in [6, 6.07) is 0. The molecule has 0 N–H and O–H groups in total. The number of hydrogen-bond donors (Lipinski definition) is 2. The second-order valence-electron chi connectivity index (χ2n) is 2.87. The molecule has 0 aromatic rings. The third-order valence-corrected chi connectivity index (χ3v) is 13.5. The molecule has 0 aromatic heterocycles. The highest BCUT2D eigenvalue weighted by Gasteiger charge is 2.49. The van der Waals surface area contributed by atoms with Gasteiger partial charge < -0.3 is 0 Å². The molecule has 0 heterocycles. The monoisotopic (exact) mass is 243 g/mol. The fourth-order valence-electron chi connectivity index (χ4n) is 1.48. The fourth-order valence-corrected chi connectivity index (χ4v) is 9.32. The lowest BCUT2D eigenvalue weighted by atomic mass is 10.9. The molecule has 0 nitrogen and oxygen atoms in total. The molecule has 0 radical (unpaired) electrons. The van der Waals surface area contributed by atoms with Crippen LogP contribution < -0.4 is 0 Å². The molecular weight excluding hydrogens is 223 g/mol. The molecule has 4 heteroatoms. The second kappa shape index (κ2) is 5.38. The van der Waals surface area contributed by atoms with E-state index in [1.165, 1.54) is 18.5 Å². The minimum atomic E-state index is -0.950. The van der Waals surface area contributed by atoms with Crippen molar-refractivity contribution in [3.63, 3.8) is 0 Å². The Balaban J connectivity index is 4.69. The van der Waals surface area contributed by atoms with Crippen molar-refractivity contribution in [3.8, 4) is 0 Å². The lowest BCUT2D eigenvalue weighted by molar-refractivity contribution is 1.28. The summed E-state index contributed by atoms with van der Waals surface area (Å²) in [6.07, 6.45) is 5.88. The summed E-state index contributed by atoms with van der Waals surface area (Å²) in [5, 5.41) is 0. The molecule has 0 aromatic carbocycles. The van der Waals surface area contributed by atoms with Crippen LogP contribution in [0.15, 0.2) is 0 Å². The van der Waals surface area contributed by atoms with Gasteiger partial charge in [0.05, 0.1) is 25.7 Å². The Labute approximate surface area is 92.8 Å². The molecule has 0 aliphatic carbocycles. The topological polar surface area (TPSA) is 0 Å². The van der Waals surface area contributed by atoms with E-state index in [-0.39, 0.29) is 3.15 Å². The highest BCUT2D eigenvalue weighted by molar-refractivity contribution is 8.34. The van der Waals surface area contributed by atoms with Crippen molar-refractivity contribution in [2.75, 3.05) is 24.7 Å². The summed E-state index contributed by atoms with van der Waals surface area (Å²) in [5.41, 5.74) is 0. The molecule has 0 atom stereocenters. The van der Waals surface area contributed by atoms with Crippen molar-refractivity contribution in [2.24, 2.45) is 0 Å². The van der Waals surface area contributed by atoms with Crippen LogP contribution in [-0.4, -0.2) is 27.9 Å². The molecule has 0 saturated heterocycles.